The molecule has 162 valence electrons. The van der Waals surface area contributed by atoms with E-state index < -0.39 is 15.8 Å². The lowest BCUT2D eigenvalue weighted by molar-refractivity contribution is -0.126. The molecule has 0 spiro atoms. The fourth-order valence-electron chi connectivity index (χ4n) is 4.29. The zero-order valence-corrected chi connectivity index (χ0v) is 17.8. The fourth-order valence-corrected chi connectivity index (χ4v) is 5.98. The molecule has 3 rings (SSSR count). The van der Waals surface area contributed by atoms with Crippen LogP contribution in [-0.2, 0) is 14.8 Å². The third-order valence-electron chi connectivity index (χ3n) is 5.95. The number of carbonyl (C=O) groups excluding carboxylic acids is 1. The van der Waals surface area contributed by atoms with Gasteiger partial charge in [0, 0.05) is 19.1 Å². The molecule has 1 saturated heterocycles. The first-order valence-corrected chi connectivity index (χ1v) is 12.0. The molecule has 1 atom stereocenters. The average Bonchev–Trinajstić information content (AvgIpc) is 2.70. The number of sulfonamides is 1. The van der Waals surface area contributed by atoms with Crippen molar-refractivity contribution in [1.82, 2.24) is 9.62 Å². The Morgan fingerprint density at radius 1 is 1.10 bits per heavy atom. The van der Waals surface area contributed by atoms with E-state index in [1.165, 1.54) is 42.8 Å². The Labute approximate surface area is 172 Å². The Bertz CT molecular complexity index is 807. The fraction of sp³-hybridized carbons (Fsp3) is 0.667. The van der Waals surface area contributed by atoms with E-state index in [2.05, 4.69) is 5.32 Å². The second-order valence-corrected chi connectivity index (χ2v) is 9.95. The van der Waals surface area contributed by atoms with Crippen LogP contribution in [0.2, 0.25) is 0 Å². The number of piperidine rings is 1. The summed E-state index contributed by atoms with van der Waals surface area (Å²) in [6.45, 7) is 0.426. The van der Waals surface area contributed by atoms with Crippen molar-refractivity contribution >= 4 is 15.9 Å². The van der Waals surface area contributed by atoms with Gasteiger partial charge in [-0.25, -0.2) is 12.8 Å². The summed E-state index contributed by atoms with van der Waals surface area (Å²) in [5, 5.41) is 3.15. The van der Waals surface area contributed by atoms with Crippen molar-refractivity contribution in [1.29, 1.82) is 0 Å². The van der Waals surface area contributed by atoms with Gasteiger partial charge in [0.15, 0.2) is 0 Å². The number of carbonyl (C=O) groups is 1. The maximum atomic E-state index is 13.7. The summed E-state index contributed by atoms with van der Waals surface area (Å²) in [5.74, 6) is -0.988. The van der Waals surface area contributed by atoms with Gasteiger partial charge in [-0.1, -0.05) is 32.1 Å². The highest BCUT2D eigenvalue weighted by Crippen LogP contribution is 2.30. The molecule has 1 N–H and O–H groups in total. The summed E-state index contributed by atoms with van der Waals surface area (Å²) >= 11 is 0. The number of methoxy groups -OCH3 is 1. The SMILES string of the molecule is COc1ccc(F)cc1S(=O)(=O)N1CCC[C@H](C(=O)NC2CCCCCCC2)C1. The highest BCUT2D eigenvalue weighted by atomic mass is 32.2. The van der Waals surface area contributed by atoms with E-state index in [4.69, 9.17) is 4.74 Å². The van der Waals surface area contributed by atoms with E-state index in [1.54, 1.807) is 0 Å². The summed E-state index contributed by atoms with van der Waals surface area (Å²) in [4.78, 5) is 12.6. The zero-order chi connectivity index (χ0) is 20.9. The van der Waals surface area contributed by atoms with Crippen molar-refractivity contribution in [3.63, 3.8) is 0 Å². The van der Waals surface area contributed by atoms with Crippen LogP contribution in [0.3, 0.4) is 0 Å². The lowest BCUT2D eigenvalue weighted by Crippen LogP contribution is -2.47. The number of rotatable bonds is 5. The first-order chi connectivity index (χ1) is 13.9. The van der Waals surface area contributed by atoms with Crippen molar-refractivity contribution in [2.45, 2.75) is 68.7 Å². The molecule has 1 aliphatic carbocycles. The quantitative estimate of drug-likeness (QED) is 0.782. The molecule has 1 heterocycles. The molecule has 1 amide bonds. The van der Waals surface area contributed by atoms with Gasteiger partial charge >= 0.3 is 0 Å². The molecular formula is C21H31FN2O4S. The standard InChI is InChI=1S/C21H31FN2O4S/c1-28-19-12-11-17(22)14-20(19)29(26,27)24-13-7-8-16(15-24)21(25)23-18-9-5-3-2-4-6-10-18/h11-12,14,16,18H,2-10,13,15H2,1H3,(H,23,25)/t16-/m0/s1. The van der Waals surface area contributed by atoms with E-state index in [1.807, 2.05) is 0 Å². The van der Waals surface area contributed by atoms with Gasteiger partial charge in [-0.05, 0) is 43.9 Å². The third-order valence-corrected chi connectivity index (χ3v) is 7.84. The smallest absolute Gasteiger partial charge is 0.246 e. The molecule has 1 saturated carbocycles. The van der Waals surface area contributed by atoms with Crippen LogP contribution in [0.25, 0.3) is 0 Å². The van der Waals surface area contributed by atoms with E-state index in [0.717, 1.165) is 31.7 Å². The minimum absolute atomic E-state index is 0.0679. The van der Waals surface area contributed by atoms with Crippen LogP contribution in [0, 0.1) is 11.7 Å². The summed E-state index contributed by atoms with van der Waals surface area (Å²) in [5.41, 5.74) is 0. The predicted octanol–water partition coefficient (Wildman–Crippen LogP) is 3.46. The van der Waals surface area contributed by atoms with Crippen molar-refractivity contribution in [2.75, 3.05) is 20.2 Å². The van der Waals surface area contributed by atoms with Crippen LogP contribution in [0.1, 0.15) is 57.8 Å². The van der Waals surface area contributed by atoms with Crippen LogP contribution in [0.4, 0.5) is 4.39 Å². The monoisotopic (exact) mass is 426 g/mol. The van der Waals surface area contributed by atoms with Crippen molar-refractivity contribution in [3.05, 3.63) is 24.0 Å². The number of benzene rings is 1. The molecule has 0 aromatic heterocycles. The number of hydrogen-bond donors (Lipinski definition) is 1. The van der Waals surface area contributed by atoms with E-state index in [-0.39, 0.29) is 35.1 Å². The molecule has 29 heavy (non-hydrogen) atoms. The van der Waals surface area contributed by atoms with Crippen molar-refractivity contribution in [3.8, 4) is 5.75 Å². The highest BCUT2D eigenvalue weighted by Gasteiger charge is 2.35. The molecule has 1 aromatic rings. The van der Waals surface area contributed by atoms with Crippen molar-refractivity contribution < 1.29 is 22.3 Å². The van der Waals surface area contributed by atoms with E-state index in [9.17, 15) is 17.6 Å². The second-order valence-electron chi connectivity index (χ2n) is 8.05. The van der Waals surface area contributed by atoms with Gasteiger partial charge < -0.3 is 10.1 Å². The third kappa shape index (κ3) is 5.48. The van der Waals surface area contributed by atoms with Crippen LogP contribution >= 0.6 is 0 Å². The topological polar surface area (TPSA) is 75.7 Å². The summed E-state index contributed by atoms with van der Waals surface area (Å²) < 4.78 is 46.3. The molecule has 2 aliphatic rings. The zero-order valence-electron chi connectivity index (χ0n) is 17.0. The molecule has 6 nitrogen and oxygen atoms in total. The molecule has 1 aliphatic heterocycles. The molecule has 0 radical (unpaired) electrons. The lowest BCUT2D eigenvalue weighted by Gasteiger charge is -2.32. The van der Waals surface area contributed by atoms with Crippen LogP contribution in [-0.4, -0.2) is 44.9 Å². The van der Waals surface area contributed by atoms with Gasteiger partial charge in [0.25, 0.3) is 0 Å². The molecule has 1 aromatic carbocycles. The van der Waals surface area contributed by atoms with Crippen LogP contribution < -0.4 is 10.1 Å². The summed E-state index contributed by atoms with van der Waals surface area (Å²) in [7, 11) is -2.59. The Kier molecular flexibility index (Phi) is 7.51. The number of halogens is 1. The number of nitrogens with one attached hydrogen (secondary N) is 1. The minimum atomic E-state index is -3.95. The predicted molar refractivity (Wildman–Crippen MR) is 109 cm³/mol. The first kappa shape index (κ1) is 22.0. The maximum absolute atomic E-state index is 13.7. The van der Waals surface area contributed by atoms with Crippen LogP contribution in [0.5, 0.6) is 5.75 Å². The summed E-state index contributed by atoms with van der Waals surface area (Å²) in [6.07, 6.45) is 9.14. The van der Waals surface area contributed by atoms with Gasteiger partial charge in [-0.3, -0.25) is 4.79 Å². The van der Waals surface area contributed by atoms with Crippen LogP contribution in [0.15, 0.2) is 23.1 Å². The minimum Gasteiger partial charge on any atom is -0.495 e. The van der Waals surface area contributed by atoms with Gasteiger partial charge in [0.05, 0.1) is 13.0 Å². The van der Waals surface area contributed by atoms with Crippen molar-refractivity contribution in [2.24, 2.45) is 5.92 Å². The van der Waals surface area contributed by atoms with Gasteiger partial charge in [-0.2, -0.15) is 4.31 Å². The largest absolute Gasteiger partial charge is 0.495 e. The van der Waals surface area contributed by atoms with Gasteiger partial charge in [-0.15, -0.1) is 0 Å². The Hall–Kier alpha value is -1.67. The second kappa shape index (κ2) is 9.89. The molecular weight excluding hydrogens is 395 g/mol. The Morgan fingerprint density at radius 2 is 1.79 bits per heavy atom. The molecule has 2 fully saturated rings. The van der Waals surface area contributed by atoms with E-state index in [0.29, 0.717) is 19.4 Å². The molecule has 8 heteroatoms. The number of nitrogens with zero attached hydrogens (tertiary/aromatic N) is 1. The number of ether oxygens (including phenoxy) is 1. The number of amides is 1. The number of hydrogen-bond acceptors (Lipinski definition) is 4. The van der Waals surface area contributed by atoms with Gasteiger partial charge in [0.2, 0.25) is 15.9 Å². The normalized spacial score (nSPS) is 22.5. The Balaban J connectivity index is 1.69. The average molecular weight is 427 g/mol. The summed E-state index contributed by atoms with van der Waals surface area (Å²) in [6, 6.07) is 3.63. The lowest BCUT2D eigenvalue weighted by atomic mass is 9.94. The molecule has 0 unspecified atom stereocenters. The highest BCUT2D eigenvalue weighted by molar-refractivity contribution is 7.89. The van der Waals surface area contributed by atoms with E-state index >= 15 is 0 Å². The Morgan fingerprint density at radius 3 is 2.48 bits per heavy atom. The molecule has 0 bridgehead atoms. The maximum Gasteiger partial charge on any atom is 0.246 e. The first-order valence-electron chi connectivity index (χ1n) is 10.6. The van der Waals surface area contributed by atoms with Gasteiger partial charge in [0.1, 0.15) is 16.5 Å².